The van der Waals surface area contributed by atoms with Crippen molar-refractivity contribution in [3.63, 3.8) is 0 Å². The Morgan fingerprint density at radius 3 is 1.03 bits per heavy atom. The first kappa shape index (κ1) is 94.0. The van der Waals surface area contributed by atoms with E-state index in [1.165, 1.54) is 105 Å². The molecule has 0 N–H and O–H groups in total. The van der Waals surface area contributed by atoms with Gasteiger partial charge in [0.15, 0.2) is 0 Å². The van der Waals surface area contributed by atoms with Gasteiger partial charge in [-0.15, -0.1) is 0 Å². The van der Waals surface area contributed by atoms with Crippen molar-refractivity contribution in [1.82, 2.24) is 38.6 Å². The Labute approximate surface area is 702 Å². The topological polar surface area (TPSA) is 79.2 Å². The van der Waals surface area contributed by atoms with Crippen LogP contribution in [0.2, 0.25) is 0 Å². The molecule has 0 bridgehead atoms. The monoisotopic (exact) mass is 1550 g/mol. The standard InChI is InChI=1S/C34H28N2.C21H20N2.2C15H17N.2C9H13N.6CH4/c1-34(2,3)32-31(36-29-19-11-7-15-24(29)25-16-8-12-20-30(25)36)22-21-27-26-17-9-10-18-28(26)35(33(27)32)23-13-5-4-6-14-23;1-21(2,3)19-13-8-14-20(22-19)23-17-11-6-4-9-15(17)16-10-5-7-12-18(16)23;1-15(2,3)14-11-7-10-13(16-14)12-8-5-4-6-9-12;1-15(2,3)13-9-10-14(16-11-13)12-7-5-4-6-8-12;1-9(2,3)8-5-4-6-10-7-8;1-9(2,3)8-6-4-5-7-10-8;;;;;;/h4-22H,1-3H3;4-14H,1-3H3;2*4-11H,1-3H3;2*4-7H,1-3H3;6*1H4. The van der Waals surface area contributed by atoms with Crippen LogP contribution in [-0.2, 0) is 32.5 Å². The molecule has 0 aliphatic heterocycles. The van der Waals surface area contributed by atoms with Crippen LogP contribution < -0.4 is 0 Å². The fourth-order valence-corrected chi connectivity index (χ4v) is 14.0. The number of hydrogen-bond donors (Lipinski definition) is 0. The van der Waals surface area contributed by atoms with Gasteiger partial charge in [-0.25, -0.2) is 4.98 Å². The summed E-state index contributed by atoms with van der Waals surface area (Å²) >= 11 is 0. The molecule has 608 valence electrons. The molecule has 17 aromatic rings. The smallest absolute Gasteiger partial charge is 0.137 e. The number of para-hydroxylation sites is 6. The van der Waals surface area contributed by atoms with Crippen LogP contribution in [-0.4, -0.2) is 38.6 Å². The quantitative estimate of drug-likeness (QED) is 0.172. The summed E-state index contributed by atoms with van der Waals surface area (Å²) < 4.78 is 7.19. The molecular weight excluding hydrogens is 1420 g/mol. The number of benzene rings is 9. The van der Waals surface area contributed by atoms with Gasteiger partial charge in [0.25, 0.3) is 0 Å². The molecule has 0 aliphatic carbocycles. The van der Waals surface area contributed by atoms with Crippen LogP contribution in [0.15, 0.2) is 328 Å². The van der Waals surface area contributed by atoms with E-state index in [9.17, 15) is 0 Å². The molecule has 17 rings (SSSR count). The zero-order valence-electron chi connectivity index (χ0n) is 68.3. The van der Waals surface area contributed by atoms with Crippen molar-refractivity contribution < 1.29 is 0 Å². The lowest BCUT2D eigenvalue weighted by Gasteiger charge is -2.27. The van der Waals surface area contributed by atoms with E-state index >= 15 is 0 Å². The van der Waals surface area contributed by atoms with Gasteiger partial charge in [-0.3, -0.25) is 24.5 Å². The molecule has 8 aromatic heterocycles. The van der Waals surface area contributed by atoms with Gasteiger partial charge in [-0.1, -0.05) is 375 Å². The fourth-order valence-electron chi connectivity index (χ4n) is 14.0. The molecule has 117 heavy (non-hydrogen) atoms. The molecule has 0 saturated carbocycles. The van der Waals surface area contributed by atoms with Crippen molar-refractivity contribution in [3.05, 3.63) is 362 Å². The predicted octanol–water partition coefficient (Wildman–Crippen LogP) is 31.3. The van der Waals surface area contributed by atoms with Crippen LogP contribution in [0, 0.1) is 0 Å². The molecule has 9 aromatic carbocycles. The highest BCUT2D eigenvalue weighted by Crippen LogP contribution is 2.44. The summed E-state index contributed by atoms with van der Waals surface area (Å²) in [6.07, 6.45) is 7.53. The highest BCUT2D eigenvalue weighted by atomic mass is 15.1. The van der Waals surface area contributed by atoms with E-state index in [4.69, 9.17) is 9.97 Å². The van der Waals surface area contributed by atoms with Crippen molar-refractivity contribution in [2.45, 2.75) is 202 Å². The first-order chi connectivity index (χ1) is 52.9. The van der Waals surface area contributed by atoms with Gasteiger partial charge in [-0.05, 0) is 124 Å². The lowest BCUT2D eigenvalue weighted by atomic mass is 9.84. The summed E-state index contributed by atoms with van der Waals surface area (Å²) in [6, 6.07) is 106. The molecule has 0 amide bonds. The zero-order chi connectivity index (χ0) is 78.9. The van der Waals surface area contributed by atoms with Crippen molar-refractivity contribution in [1.29, 1.82) is 0 Å². The fraction of sp³-hybridized carbons (Fsp3) is 0.275. The highest BCUT2D eigenvalue weighted by Gasteiger charge is 2.29. The normalized spacial score (nSPS) is 11.3. The van der Waals surface area contributed by atoms with Gasteiger partial charge < -0.3 is 9.13 Å². The molecular formula is C109H132N8. The second-order valence-electron chi connectivity index (χ2n) is 34.7. The highest BCUT2D eigenvalue weighted by molar-refractivity contribution is 6.14. The molecule has 8 heteroatoms. The van der Waals surface area contributed by atoms with Gasteiger partial charge in [0.05, 0.1) is 50.2 Å². The first-order valence-electron chi connectivity index (χ1n) is 38.9. The average Bonchev–Trinajstić information content (AvgIpc) is 1.56. The molecule has 0 aliphatic rings. The van der Waals surface area contributed by atoms with Crippen molar-refractivity contribution in [2.75, 3.05) is 0 Å². The van der Waals surface area contributed by atoms with Crippen molar-refractivity contribution in [2.24, 2.45) is 0 Å². The number of fused-ring (bicyclic) bond motifs is 9. The number of aromatic nitrogens is 8. The number of hydrogen-bond acceptors (Lipinski definition) is 5. The van der Waals surface area contributed by atoms with E-state index in [0.717, 1.165) is 34.3 Å². The first-order valence-corrected chi connectivity index (χ1v) is 38.9. The summed E-state index contributed by atoms with van der Waals surface area (Å²) in [7, 11) is 0. The van der Waals surface area contributed by atoms with Crippen LogP contribution in [0.4, 0.5) is 0 Å². The minimum Gasteiger partial charge on any atom is -0.309 e. The van der Waals surface area contributed by atoms with Crippen LogP contribution in [0.25, 0.3) is 105 Å². The Bertz CT molecular complexity index is 5760. The van der Waals surface area contributed by atoms with Crippen LogP contribution in [0.5, 0.6) is 0 Å². The SMILES string of the molecule is C.C.C.C.C.C.CC(C)(C)c1c(-n2c3ccccc3c3ccccc32)ccc2c3ccccc3n(-c3ccccc3)c12.CC(C)(C)c1ccc(-c2ccccc2)nc1.CC(C)(C)c1cccc(-c2ccccc2)n1.CC(C)(C)c1cccc(-n2c3ccccc3c3ccccc32)n1.CC(C)(C)c1ccccn1.CC(C)(C)c1cccnc1. The zero-order valence-corrected chi connectivity index (χ0v) is 68.3. The number of rotatable bonds is 5. The summed E-state index contributed by atoms with van der Waals surface area (Å²) in [5.74, 6) is 0.981. The van der Waals surface area contributed by atoms with E-state index < -0.39 is 0 Å². The summed E-state index contributed by atoms with van der Waals surface area (Å²) in [5.41, 5.74) is 22.2. The maximum absolute atomic E-state index is 4.95. The Balaban J connectivity index is 0.000000230. The number of nitrogens with zero attached hydrogens (tertiary/aromatic N) is 8. The minimum absolute atomic E-state index is 0. The molecule has 0 radical (unpaired) electrons. The molecule has 8 nitrogen and oxygen atoms in total. The lowest BCUT2D eigenvalue weighted by Crippen LogP contribution is -2.17. The number of pyridine rings is 5. The third-order valence-electron chi connectivity index (χ3n) is 20.0. The molecule has 8 heterocycles. The van der Waals surface area contributed by atoms with Crippen molar-refractivity contribution >= 4 is 65.4 Å². The van der Waals surface area contributed by atoms with Crippen LogP contribution in [0.3, 0.4) is 0 Å². The molecule has 0 spiro atoms. The predicted molar refractivity (Wildman–Crippen MR) is 514 cm³/mol. The van der Waals surface area contributed by atoms with Gasteiger partial charge in [-0.2, -0.15) is 0 Å². The Kier molecular flexibility index (Phi) is 31.9. The summed E-state index contributed by atoms with van der Waals surface area (Å²) in [5, 5.41) is 7.70. The Morgan fingerprint density at radius 2 is 0.632 bits per heavy atom. The molecule has 0 unspecified atom stereocenters. The van der Waals surface area contributed by atoms with Gasteiger partial charge >= 0.3 is 0 Å². The Hall–Kier alpha value is -11.9. The van der Waals surface area contributed by atoms with E-state index in [1.807, 2.05) is 73.2 Å². The van der Waals surface area contributed by atoms with E-state index in [0.29, 0.717) is 0 Å². The second-order valence-corrected chi connectivity index (χ2v) is 34.7. The van der Waals surface area contributed by atoms with E-state index in [2.05, 4.69) is 402 Å². The second kappa shape index (κ2) is 39.6. The molecule has 0 saturated heterocycles. The third kappa shape index (κ3) is 22.0. The van der Waals surface area contributed by atoms with Gasteiger partial charge in [0.2, 0.25) is 0 Å². The summed E-state index contributed by atoms with van der Waals surface area (Å²) in [4.78, 5) is 22.5. The van der Waals surface area contributed by atoms with E-state index in [1.54, 1.807) is 6.20 Å². The minimum atomic E-state index is -0.0950. The molecule has 0 fully saturated rings. The van der Waals surface area contributed by atoms with Gasteiger partial charge in [0.1, 0.15) is 5.82 Å². The Morgan fingerprint density at radius 1 is 0.239 bits per heavy atom. The summed E-state index contributed by atoms with van der Waals surface area (Å²) in [6.45, 7) is 39.8. The lowest BCUT2D eigenvalue weighted by molar-refractivity contribution is 0.567. The maximum Gasteiger partial charge on any atom is 0.137 e. The third-order valence-corrected chi connectivity index (χ3v) is 20.0. The largest absolute Gasteiger partial charge is 0.309 e. The van der Waals surface area contributed by atoms with Crippen LogP contribution in [0.1, 0.15) is 203 Å². The maximum atomic E-state index is 4.95. The average molecular weight is 1550 g/mol. The van der Waals surface area contributed by atoms with Crippen molar-refractivity contribution in [3.8, 4) is 39.7 Å². The van der Waals surface area contributed by atoms with E-state index in [-0.39, 0.29) is 77.0 Å². The van der Waals surface area contributed by atoms with Gasteiger partial charge in [0, 0.05) is 113 Å². The van der Waals surface area contributed by atoms with Crippen LogP contribution >= 0.6 is 0 Å². The molecule has 0 atom stereocenters.